The molecule has 1 heterocycles. The number of halogens is 3. The Morgan fingerprint density at radius 1 is 1.24 bits per heavy atom. The molecule has 1 aliphatic rings. The molecule has 1 N–H and O–H groups in total. The van der Waals surface area contributed by atoms with E-state index in [9.17, 15) is 26.4 Å². The molecule has 0 amide bonds. The summed E-state index contributed by atoms with van der Waals surface area (Å²) in [6.07, 6.45) is -3.81. The third-order valence-corrected chi connectivity index (χ3v) is 5.03. The number of aromatic carboxylic acids is 1. The van der Waals surface area contributed by atoms with Gasteiger partial charge in [0.2, 0.25) is 10.0 Å². The lowest BCUT2D eigenvalue weighted by Gasteiger charge is -2.29. The van der Waals surface area contributed by atoms with Crippen molar-refractivity contribution in [1.29, 1.82) is 0 Å². The second-order valence-corrected chi connectivity index (χ2v) is 6.64. The lowest BCUT2D eigenvalue weighted by Crippen LogP contribution is -2.38. The molecule has 0 unspecified atom stereocenters. The average molecular weight is 323 g/mol. The van der Waals surface area contributed by atoms with Gasteiger partial charge in [-0.2, -0.15) is 13.2 Å². The molecule has 1 aliphatic heterocycles. The van der Waals surface area contributed by atoms with E-state index in [1.807, 2.05) is 0 Å². The maximum absolute atomic E-state index is 12.7. The van der Waals surface area contributed by atoms with E-state index in [0.717, 1.165) is 10.4 Å². The number of sulfonamides is 1. The Morgan fingerprint density at radius 2 is 1.90 bits per heavy atom. The Morgan fingerprint density at radius 3 is 2.43 bits per heavy atom. The van der Waals surface area contributed by atoms with Crippen LogP contribution in [0.5, 0.6) is 0 Å². The molecular formula is C12H12F3NO4S. The molecule has 1 fully saturated rings. The molecule has 0 spiro atoms. The topological polar surface area (TPSA) is 74.7 Å². The van der Waals surface area contributed by atoms with Crippen molar-refractivity contribution >= 4 is 21.7 Å². The van der Waals surface area contributed by atoms with E-state index in [1.54, 1.807) is 0 Å². The van der Waals surface area contributed by atoms with Crippen LogP contribution in [-0.2, 0) is 16.2 Å². The van der Waals surface area contributed by atoms with Crippen molar-refractivity contribution in [1.82, 2.24) is 0 Å². The van der Waals surface area contributed by atoms with E-state index in [-0.39, 0.29) is 12.3 Å². The Bertz CT molecular complexity index is 670. The van der Waals surface area contributed by atoms with Crippen LogP contribution in [0.2, 0.25) is 0 Å². The van der Waals surface area contributed by atoms with Gasteiger partial charge in [0.25, 0.3) is 0 Å². The summed E-state index contributed by atoms with van der Waals surface area (Å²) in [5.41, 5.74) is -1.98. The normalized spacial score (nSPS) is 18.5. The number of rotatable bonds is 2. The monoisotopic (exact) mass is 323 g/mol. The Kier molecular flexibility index (Phi) is 3.87. The van der Waals surface area contributed by atoms with E-state index in [4.69, 9.17) is 5.11 Å². The SMILES string of the molecule is O=C(O)c1ccc(C(F)(F)F)cc1N1CCCCS1(=O)=O. The van der Waals surface area contributed by atoms with Gasteiger partial charge in [-0.25, -0.2) is 13.2 Å². The number of hydrogen-bond donors (Lipinski definition) is 1. The van der Waals surface area contributed by atoms with Crippen LogP contribution in [0.1, 0.15) is 28.8 Å². The second kappa shape index (κ2) is 5.21. The van der Waals surface area contributed by atoms with Crippen molar-refractivity contribution in [3.63, 3.8) is 0 Å². The zero-order valence-electron chi connectivity index (χ0n) is 10.7. The molecule has 5 nitrogen and oxygen atoms in total. The van der Waals surface area contributed by atoms with Crippen molar-refractivity contribution in [2.45, 2.75) is 19.0 Å². The van der Waals surface area contributed by atoms with Crippen LogP contribution in [0.25, 0.3) is 0 Å². The van der Waals surface area contributed by atoms with Crippen LogP contribution < -0.4 is 4.31 Å². The molecule has 0 aromatic heterocycles. The van der Waals surface area contributed by atoms with Crippen molar-refractivity contribution < 1.29 is 31.5 Å². The minimum absolute atomic E-state index is 0.0239. The van der Waals surface area contributed by atoms with Gasteiger partial charge in [-0.1, -0.05) is 0 Å². The molecule has 1 aromatic carbocycles. The molecule has 1 aromatic rings. The Balaban J connectivity index is 2.61. The highest BCUT2D eigenvalue weighted by Crippen LogP contribution is 2.35. The summed E-state index contributed by atoms with van der Waals surface area (Å²) in [6.45, 7) is -0.0239. The molecular weight excluding hydrogens is 311 g/mol. The van der Waals surface area contributed by atoms with Crippen LogP contribution in [0.4, 0.5) is 18.9 Å². The molecule has 0 atom stereocenters. The molecule has 21 heavy (non-hydrogen) atoms. The minimum Gasteiger partial charge on any atom is -0.478 e. The Labute approximate surface area is 119 Å². The van der Waals surface area contributed by atoms with Gasteiger partial charge in [-0.05, 0) is 31.0 Å². The highest BCUT2D eigenvalue weighted by molar-refractivity contribution is 7.92. The predicted molar refractivity (Wildman–Crippen MR) is 68.8 cm³/mol. The van der Waals surface area contributed by atoms with Crippen LogP contribution >= 0.6 is 0 Å². The summed E-state index contributed by atoms with van der Waals surface area (Å²) in [7, 11) is -3.79. The lowest BCUT2D eigenvalue weighted by molar-refractivity contribution is -0.137. The minimum atomic E-state index is -4.68. The zero-order chi connectivity index (χ0) is 15.8. The summed E-state index contributed by atoms with van der Waals surface area (Å²) >= 11 is 0. The van der Waals surface area contributed by atoms with Gasteiger partial charge in [0.05, 0.1) is 22.6 Å². The summed E-state index contributed by atoms with van der Waals surface area (Å²) in [5.74, 6) is -1.68. The van der Waals surface area contributed by atoms with Crippen LogP contribution in [0.3, 0.4) is 0 Å². The summed E-state index contributed by atoms with van der Waals surface area (Å²) in [4.78, 5) is 11.1. The van der Waals surface area contributed by atoms with Gasteiger partial charge in [-0.3, -0.25) is 4.31 Å². The maximum atomic E-state index is 12.7. The smallest absolute Gasteiger partial charge is 0.416 e. The number of carboxylic acid groups (broad SMARTS) is 1. The summed E-state index contributed by atoms with van der Waals surface area (Å²) < 4.78 is 62.9. The third-order valence-electron chi connectivity index (χ3n) is 3.17. The maximum Gasteiger partial charge on any atom is 0.416 e. The summed E-state index contributed by atoms with van der Waals surface area (Å²) in [6, 6.07) is 1.99. The number of carbonyl (C=O) groups is 1. The van der Waals surface area contributed by atoms with Crippen molar-refractivity contribution in [3.8, 4) is 0 Å². The van der Waals surface area contributed by atoms with Crippen molar-refractivity contribution in [2.75, 3.05) is 16.6 Å². The first kappa shape index (κ1) is 15.6. The standard InChI is InChI=1S/C12H12F3NO4S/c13-12(14,15)8-3-4-9(11(17)18)10(7-8)16-5-1-2-6-21(16,19)20/h3-4,7H,1-2,5-6H2,(H,17,18). The Hall–Kier alpha value is -1.77. The first-order valence-corrected chi connectivity index (χ1v) is 7.69. The first-order valence-electron chi connectivity index (χ1n) is 6.08. The second-order valence-electron chi connectivity index (χ2n) is 4.63. The fourth-order valence-electron chi connectivity index (χ4n) is 2.15. The van der Waals surface area contributed by atoms with Gasteiger partial charge < -0.3 is 5.11 Å². The molecule has 2 rings (SSSR count). The quantitative estimate of drug-likeness (QED) is 0.906. The van der Waals surface area contributed by atoms with E-state index < -0.39 is 39.0 Å². The van der Waals surface area contributed by atoms with E-state index in [0.29, 0.717) is 25.0 Å². The average Bonchev–Trinajstić information content (AvgIpc) is 2.36. The van der Waals surface area contributed by atoms with Gasteiger partial charge in [0, 0.05) is 6.54 Å². The van der Waals surface area contributed by atoms with Crippen molar-refractivity contribution in [3.05, 3.63) is 29.3 Å². The van der Waals surface area contributed by atoms with E-state index >= 15 is 0 Å². The van der Waals surface area contributed by atoms with Gasteiger partial charge in [-0.15, -0.1) is 0 Å². The van der Waals surface area contributed by atoms with E-state index in [1.165, 1.54) is 0 Å². The van der Waals surface area contributed by atoms with E-state index in [2.05, 4.69) is 0 Å². The molecule has 9 heteroatoms. The highest BCUT2D eigenvalue weighted by atomic mass is 32.2. The zero-order valence-corrected chi connectivity index (χ0v) is 11.5. The molecule has 0 bridgehead atoms. The van der Waals surface area contributed by atoms with Crippen LogP contribution in [0.15, 0.2) is 18.2 Å². The predicted octanol–water partition coefficient (Wildman–Crippen LogP) is 2.33. The number of alkyl halides is 3. The molecule has 0 saturated carbocycles. The molecule has 1 saturated heterocycles. The van der Waals surface area contributed by atoms with Crippen LogP contribution in [-0.4, -0.2) is 31.8 Å². The highest BCUT2D eigenvalue weighted by Gasteiger charge is 2.35. The number of carboxylic acids is 1. The first-order chi connectivity index (χ1) is 9.63. The number of nitrogens with zero attached hydrogens (tertiary/aromatic N) is 1. The largest absolute Gasteiger partial charge is 0.478 e. The van der Waals surface area contributed by atoms with Gasteiger partial charge in [0.15, 0.2) is 0 Å². The number of anilines is 1. The molecule has 116 valence electrons. The lowest BCUT2D eigenvalue weighted by atomic mass is 10.1. The molecule has 0 aliphatic carbocycles. The number of benzene rings is 1. The van der Waals surface area contributed by atoms with Gasteiger partial charge >= 0.3 is 12.1 Å². The summed E-state index contributed by atoms with van der Waals surface area (Å²) in [5, 5.41) is 9.06. The fraction of sp³-hybridized carbons (Fsp3) is 0.417. The third kappa shape index (κ3) is 3.12. The van der Waals surface area contributed by atoms with Crippen molar-refractivity contribution in [2.24, 2.45) is 0 Å². The molecule has 0 radical (unpaired) electrons. The number of hydrogen-bond acceptors (Lipinski definition) is 3. The fourth-order valence-corrected chi connectivity index (χ4v) is 3.80. The van der Waals surface area contributed by atoms with Crippen LogP contribution in [0, 0.1) is 0 Å². The van der Waals surface area contributed by atoms with Gasteiger partial charge in [0.1, 0.15) is 0 Å².